The first-order valence-corrected chi connectivity index (χ1v) is 9.42. The van der Waals surface area contributed by atoms with E-state index in [0.29, 0.717) is 42.9 Å². The zero-order valence-electron chi connectivity index (χ0n) is 15.7. The lowest BCUT2D eigenvalue weighted by molar-refractivity contribution is 0.0900. The smallest absolute Gasteiger partial charge is 0.169 e. The monoisotopic (exact) mass is 366 g/mol. The normalized spacial score (nSPS) is 14.8. The van der Waals surface area contributed by atoms with Gasteiger partial charge in [0.1, 0.15) is 17.4 Å². The first-order valence-electron chi connectivity index (χ1n) is 9.42. The molecule has 1 saturated heterocycles. The Morgan fingerprint density at radius 2 is 1.85 bits per heavy atom. The van der Waals surface area contributed by atoms with E-state index in [4.69, 9.17) is 0 Å². The summed E-state index contributed by atoms with van der Waals surface area (Å²) in [5, 5.41) is 18.3. The average Bonchev–Trinajstić information content (AvgIpc) is 2.72. The van der Waals surface area contributed by atoms with Gasteiger partial charge in [0.05, 0.1) is 5.69 Å². The molecule has 2 aromatic rings. The number of Topliss-reactive ketones (excluding diaryl/α,β-unsaturated/α-hetero) is 1. The van der Waals surface area contributed by atoms with E-state index in [1.54, 1.807) is 12.1 Å². The Morgan fingerprint density at radius 3 is 2.41 bits per heavy atom. The fraction of sp³-hybridized carbons (Fsp3) is 0.429. The van der Waals surface area contributed by atoms with Crippen molar-refractivity contribution in [2.45, 2.75) is 39.5 Å². The molecule has 0 atom stereocenters. The van der Waals surface area contributed by atoms with Crippen LogP contribution in [0.1, 0.15) is 53.9 Å². The van der Waals surface area contributed by atoms with Gasteiger partial charge < -0.3 is 4.90 Å². The van der Waals surface area contributed by atoms with Crippen LogP contribution in [-0.4, -0.2) is 29.1 Å². The summed E-state index contributed by atoms with van der Waals surface area (Å²) in [4.78, 5) is 14.7. The Balaban J connectivity index is 1.75. The number of carbonyl (C=O) groups excluding carboxylic acids is 1. The highest BCUT2D eigenvalue weighted by Crippen LogP contribution is 2.29. The van der Waals surface area contributed by atoms with Crippen LogP contribution in [-0.2, 0) is 12.8 Å². The van der Waals surface area contributed by atoms with E-state index in [2.05, 4.69) is 21.2 Å². The zero-order valence-corrected chi connectivity index (χ0v) is 15.7. The van der Waals surface area contributed by atoms with Crippen molar-refractivity contribution in [2.75, 3.05) is 18.0 Å². The first-order chi connectivity index (χ1) is 13.1. The quantitative estimate of drug-likeness (QED) is 0.755. The second-order valence-electron chi connectivity index (χ2n) is 6.78. The Hall–Kier alpha value is -2.81. The Kier molecular flexibility index (Phi) is 5.80. The SMILES string of the molecule is CCc1nnc(N2CCC(C(=O)c3ccc(F)cc3)CC2)c(C#N)c1CC. The van der Waals surface area contributed by atoms with Crippen LogP contribution in [0.3, 0.4) is 0 Å². The number of aromatic nitrogens is 2. The molecule has 27 heavy (non-hydrogen) atoms. The fourth-order valence-corrected chi connectivity index (χ4v) is 3.70. The lowest BCUT2D eigenvalue weighted by Crippen LogP contribution is -2.37. The topological polar surface area (TPSA) is 69.9 Å². The zero-order chi connectivity index (χ0) is 19.4. The second kappa shape index (κ2) is 8.26. The predicted octanol–water partition coefficient (Wildman–Crippen LogP) is 3.71. The van der Waals surface area contributed by atoms with Gasteiger partial charge in [-0.15, -0.1) is 5.10 Å². The number of aryl methyl sites for hydroxylation is 1. The van der Waals surface area contributed by atoms with Gasteiger partial charge in [-0.2, -0.15) is 10.4 Å². The molecule has 5 nitrogen and oxygen atoms in total. The summed E-state index contributed by atoms with van der Waals surface area (Å²) in [7, 11) is 0. The van der Waals surface area contributed by atoms with Crippen LogP contribution in [0, 0.1) is 23.1 Å². The maximum absolute atomic E-state index is 13.1. The molecule has 0 spiro atoms. The summed E-state index contributed by atoms with van der Waals surface area (Å²) in [6, 6.07) is 8.03. The number of benzene rings is 1. The number of rotatable bonds is 5. The molecule has 6 heteroatoms. The van der Waals surface area contributed by atoms with E-state index in [0.717, 1.165) is 24.1 Å². The van der Waals surface area contributed by atoms with Crippen LogP contribution >= 0.6 is 0 Å². The van der Waals surface area contributed by atoms with E-state index in [1.165, 1.54) is 12.1 Å². The molecule has 0 unspecified atom stereocenters. The highest BCUT2D eigenvalue weighted by atomic mass is 19.1. The minimum atomic E-state index is -0.341. The molecule has 2 heterocycles. The summed E-state index contributed by atoms with van der Waals surface area (Å²) in [6.07, 6.45) is 2.85. The average molecular weight is 366 g/mol. The third-order valence-electron chi connectivity index (χ3n) is 5.23. The molecule has 1 fully saturated rings. The maximum Gasteiger partial charge on any atom is 0.169 e. The minimum absolute atomic E-state index is 0.0526. The van der Waals surface area contributed by atoms with Crippen LogP contribution in [0.4, 0.5) is 10.2 Å². The van der Waals surface area contributed by atoms with Crippen molar-refractivity contribution in [2.24, 2.45) is 5.92 Å². The van der Waals surface area contributed by atoms with E-state index >= 15 is 0 Å². The van der Waals surface area contributed by atoms with Crippen LogP contribution in [0.5, 0.6) is 0 Å². The van der Waals surface area contributed by atoms with Crippen molar-refractivity contribution in [3.05, 3.63) is 52.5 Å². The van der Waals surface area contributed by atoms with Crippen molar-refractivity contribution < 1.29 is 9.18 Å². The number of ketones is 1. The van der Waals surface area contributed by atoms with E-state index < -0.39 is 0 Å². The maximum atomic E-state index is 13.1. The molecular weight excluding hydrogens is 343 g/mol. The highest BCUT2D eigenvalue weighted by molar-refractivity contribution is 5.98. The number of piperidine rings is 1. The molecule has 0 saturated carbocycles. The molecule has 1 aromatic carbocycles. The van der Waals surface area contributed by atoms with Crippen LogP contribution in [0.2, 0.25) is 0 Å². The van der Waals surface area contributed by atoms with Gasteiger partial charge >= 0.3 is 0 Å². The van der Waals surface area contributed by atoms with Crippen LogP contribution < -0.4 is 4.90 Å². The van der Waals surface area contributed by atoms with Crippen molar-refractivity contribution in [3.63, 3.8) is 0 Å². The molecule has 0 amide bonds. The van der Waals surface area contributed by atoms with Gasteiger partial charge in [0.2, 0.25) is 0 Å². The summed E-state index contributed by atoms with van der Waals surface area (Å²) >= 11 is 0. The van der Waals surface area contributed by atoms with Crippen LogP contribution in [0.25, 0.3) is 0 Å². The molecule has 1 aromatic heterocycles. The molecule has 140 valence electrons. The third kappa shape index (κ3) is 3.82. The van der Waals surface area contributed by atoms with E-state index in [9.17, 15) is 14.4 Å². The molecule has 0 N–H and O–H groups in total. The molecule has 1 aliphatic rings. The molecule has 1 aliphatic heterocycles. The Morgan fingerprint density at radius 1 is 1.19 bits per heavy atom. The number of hydrogen-bond acceptors (Lipinski definition) is 5. The van der Waals surface area contributed by atoms with Gasteiger partial charge in [-0.05, 0) is 55.5 Å². The van der Waals surface area contributed by atoms with Gasteiger partial charge in [-0.1, -0.05) is 13.8 Å². The number of nitriles is 1. The molecule has 3 rings (SSSR count). The van der Waals surface area contributed by atoms with E-state index in [-0.39, 0.29) is 17.5 Å². The summed E-state index contributed by atoms with van der Waals surface area (Å²) in [6.45, 7) is 5.33. The molecule has 0 aliphatic carbocycles. The molecule has 0 radical (unpaired) electrons. The van der Waals surface area contributed by atoms with Crippen molar-refractivity contribution in [1.29, 1.82) is 5.26 Å². The number of nitrogens with zero attached hydrogens (tertiary/aromatic N) is 4. The molecule has 0 bridgehead atoms. The standard InChI is InChI=1S/C21H23FN4O/c1-3-17-18(13-23)21(25-24-19(17)4-2)26-11-9-15(10-12-26)20(27)14-5-7-16(22)8-6-14/h5-8,15H,3-4,9-12H2,1-2H3. The number of halogens is 1. The molecular formula is C21H23FN4O. The van der Waals surface area contributed by atoms with Gasteiger partial charge in [0.15, 0.2) is 11.6 Å². The number of carbonyl (C=O) groups is 1. The van der Waals surface area contributed by atoms with Gasteiger partial charge in [-0.3, -0.25) is 4.79 Å². The van der Waals surface area contributed by atoms with E-state index in [1.807, 2.05) is 13.8 Å². The third-order valence-corrected chi connectivity index (χ3v) is 5.23. The van der Waals surface area contributed by atoms with Gasteiger partial charge in [0, 0.05) is 24.6 Å². The summed E-state index contributed by atoms with van der Waals surface area (Å²) < 4.78 is 13.1. The number of anilines is 1. The predicted molar refractivity (Wildman–Crippen MR) is 101 cm³/mol. The second-order valence-corrected chi connectivity index (χ2v) is 6.78. The van der Waals surface area contributed by atoms with Crippen molar-refractivity contribution in [3.8, 4) is 6.07 Å². The highest BCUT2D eigenvalue weighted by Gasteiger charge is 2.28. The van der Waals surface area contributed by atoms with Crippen molar-refractivity contribution >= 4 is 11.6 Å². The Labute approximate surface area is 158 Å². The largest absolute Gasteiger partial charge is 0.354 e. The number of hydrogen-bond donors (Lipinski definition) is 0. The van der Waals surface area contributed by atoms with Gasteiger partial charge in [0.25, 0.3) is 0 Å². The summed E-state index contributed by atoms with van der Waals surface area (Å²) in [5.74, 6) is 0.244. The Bertz CT molecular complexity index is 865. The van der Waals surface area contributed by atoms with Crippen molar-refractivity contribution in [1.82, 2.24) is 10.2 Å². The fourth-order valence-electron chi connectivity index (χ4n) is 3.70. The minimum Gasteiger partial charge on any atom is -0.354 e. The van der Waals surface area contributed by atoms with Crippen LogP contribution in [0.15, 0.2) is 24.3 Å². The first kappa shape index (κ1) is 19.0. The summed E-state index contributed by atoms with van der Waals surface area (Å²) in [5.41, 5.74) is 2.99. The lowest BCUT2D eigenvalue weighted by Gasteiger charge is -2.32. The van der Waals surface area contributed by atoms with Gasteiger partial charge in [-0.25, -0.2) is 4.39 Å². The lowest BCUT2D eigenvalue weighted by atomic mass is 9.88.